The van der Waals surface area contributed by atoms with Crippen LogP contribution in [0.5, 0.6) is 0 Å². The maximum absolute atomic E-state index is 11.0. The summed E-state index contributed by atoms with van der Waals surface area (Å²) in [5, 5.41) is 0. The van der Waals surface area contributed by atoms with E-state index in [-0.39, 0.29) is 18.8 Å². The minimum Gasteiger partial charge on any atom is -0.461 e. The molecule has 4 heteroatoms. The third-order valence-electron chi connectivity index (χ3n) is 2.17. The van der Waals surface area contributed by atoms with Crippen LogP contribution in [-0.2, 0) is 20.7 Å². The van der Waals surface area contributed by atoms with Crippen LogP contribution in [0.1, 0.15) is 18.9 Å². The number of halogens is 1. The first-order valence-electron chi connectivity index (χ1n) is 5.62. The van der Waals surface area contributed by atoms with Crippen LogP contribution in [0.15, 0.2) is 40.9 Å². The van der Waals surface area contributed by atoms with Crippen LogP contribution < -0.4 is 0 Å². The average Bonchev–Trinajstić information content (AvgIpc) is 2.30. The third kappa shape index (κ3) is 6.35. The average molecular weight is 311 g/mol. The molecule has 1 aromatic carbocycles. The van der Waals surface area contributed by atoms with E-state index >= 15 is 0 Å². The summed E-state index contributed by atoms with van der Waals surface area (Å²) in [7, 11) is 0. The molecular formula is C14H15BrO3. The zero-order chi connectivity index (χ0) is 13.4. The van der Waals surface area contributed by atoms with E-state index < -0.39 is 5.97 Å². The van der Waals surface area contributed by atoms with Crippen molar-refractivity contribution in [2.75, 3.05) is 6.61 Å². The van der Waals surface area contributed by atoms with Gasteiger partial charge in [0, 0.05) is 4.47 Å². The van der Waals surface area contributed by atoms with E-state index in [0.29, 0.717) is 0 Å². The lowest BCUT2D eigenvalue weighted by Crippen LogP contribution is -2.08. The molecular weight excluding hydrogens is 296 g/mol. The number of esters is 1. The second-order valence-corrected chi connectivity index (χ2v) is 4.78. The van der Waals surface area contributed by atoms with Crippen molar-refractivity contribution in [3.63, 3.8) is 0 Å². The van der Waals surface area contributed by atoms with Crippen LogP contribution in [0.2, 0.25) is 0 Å². The molecule has 0 heterocycles. The van der Waals surface area contributed by atoms with E-state index in [1.807, 2.05) is 30.3 Å². The van der Waals surface area contributed by atoms with Gasteiger partial charge in [0.2, 0.25) is 0 Å². The molecule has 1 rings (SSSR count). The molecule has 0 bridgehead atoms. The Morgan fingerprint density at radius 3 is 2.50 bits per heavy atom. The lowest BCUT2D eigenvalue weighted by Gasteiger charge is -1.99. The first-order valence-corrected chi connectivity index (χ1v) is 6.41. The number of ketones is 1. The summed E-state index contributed by atoms with van der Waals surface area (Å²) in [6.07, 6.45) is 4.35. The summed E-state index contributed by atoms with van der Waals surface area (Å²) in [6, 6.07) is 8.01. The van der Waals surface area contributed by atoms with Crippen LogP contribution in [0, 0.1) is 0 Å². The fourth-order valence-electron chi connectivity index (χ4n) is 1.30. The van der Waals surface area contributed by atoms with Crippen molar-refractivity contribution in [1.29, 1.82) is 0 Å². The van der Waals surface area contributed by atoms with Gasteiger partial charge in [-0.3, -0.25) is 9.59 Å². The molecule has 0 spiro atoms. The van der Waals surface area contributed by atoms with E-state index in [1.54, 1.807) is 6.08 Å². The summed E-state index contributed by atoms with van der Waals surface area (Å²) in [5.74, 6) is -0.658. The van der Waals surface area contributed by atoms with E-state index in [9.17, 15) is 9.59 Å². The van der Waals surface area contributed by atoms with Gasteiger partial charge in [-0.25, -0.2) is 0 Å². The van der Waals surface area contributed by atoms with Crippen molar-refractivity contribution in [2.45, 2.75) is 19.8 Å². The topological polar surface area (TPSA) is 43.4 Å². The number of hydrogen-bond donors (Lipinski definition) is 0. The van der Waals surface area contributed by atoms with Crippen molar-refractivity contribution in [1.82, 2.24) is 0 Å². The van der Waals surface area contributed by atoms with Gasteiger partial charge in [0.05, 0.1) is 0 Å². The molecule has 18 heavy (non-hydrogen) atoms. The Morgan fingerprint density at radius 1 is 1.22 bits per heavy atom. The van der Waals surface area contributed by atoms with Crippen molar-refractivity contribution < 1.29 is 14.3 Å². The highest BCUT2D eigenvalue weighted by Gasteiger charge is 2.04. The fraction of sp³-hybridized carbons (Fsp3) is 0.286. The quantitative estimate of drug-likeness (QED) is 0.461. The molecule has 1 aromatic rings. The molecule has 0 saturated heterocycles. The molecule has 0 atom stereocenters. The predicted octanol–water partition coefficient (Wildman–Crippen LogP) is 3.07. The van der Waals surface area contributed by atoms with Gasteiger partial charge >= 0.3 is 5.97 Å². The molecule has 0 fully saturated rings. The first kappa shape index (κ1) is 14.6. The van der Waals surface area contributed by atoms with Gasteiger partial charge in [0.1, 0.15) is 18.8 Å². The van der Waals surface area contributed by atoms with Gasteiger partial charge in [-0.2, -0.15) is 0 Å². The largest absolute Gasteiger partial charge is 0.461 e. The maximum Gasteiger partial charge on any atom is 0.313 e. The predicted molar refractivity (Wildman–Crippen MR) is 73.2 cm³/mol. The normalized spacial score (nSPS) is 10.6. The second kappa shape index (κ2) is 7.82. The van der Waals surface area contributed by atoms with Crippen LogP contribution >= 0.6 is 15.9 Å². The number of Topliss-reactive ketones (excluding diaryl/α,β-unsaturated/α-hetero) is 1. The third-order valence-corrected chi connectivity index (χ3v) is 2.70. The van der Waals surface area contributed by atoms with Crippen LogP contribution in [0.25, 0.3) is 0 Å². The molecule has 0 aliphatic heterocycles. The van der Waals surface area contributed by atoms with Gasteiger partial charge in [-0.05, 0) is 31.0 Å². The highest BCUT2D eigenvalue weighted by molar-refractivity contribution is 9.10. The Labute approximate surface area is 115 Å². The molecule has 0 amide bonds. The Balaban J connectivity index is 2.23. The first-order chi connectivity index (χ1) is 8.58. The molecule has 3 nitrogen and oxygen atoms in total. The van der Waals surface area contributed by atoms with Crippen molar-refractivity contribution in [2.24, 2.45) is 0 Å². The monoisotopic (exact) mass is 310 g/mol. The van der Waals surface area contributed by atoms with E-state index in [4.69, 9.17) is 4.74 Å². The maximum atomic E-state index is 11.0. The molecule has 0 N–H and O–H groups in total. The summed E-state index contributed by atoms with van der Waals surface area (Å²) < 4.78 is 5.91. The van der Waals surface area contributed by atoms with Gasteiger partial charge in [-0.15, -0.1) is 0 Å². The van der Waals surface area contributed by atoms with Crippen molar-refractivity contribution >= 4 is 27.7 Å². The van der Waals surface area contributed by atoms with Crippen LogP contribution in [-0.4, -0.2) is 18.4 Å². The van der Waals surface area contributed by atoms with E-state index in [2.05, 4.69) is 15.9 Å². The second-order valence-electron chi connectivity index (χ2n) is 3.86. The van der Waals surface area contributed by atoms with Crippen molar-refractivity contribution in [3.8, 4) is 0 Å². The number of carbonyl (C=O) groups excluding carboxylic acids is 2. The van der Waals surface area contributed by atoms with Gasteiger partial charge < -0.3 is 4.74 Å². The zero-order valence-corrected chi connectivity index (χ0v) is 11.8. The molecule has 0 unspecified atom stereocenters. The number of benzene rings is 1. The summed E-state index contributed by atoms with van der Waals surface area (Å²) in [5.41, 5.74) is 1.18. The number of carbonyl (C=O) groups is 2. The minimum atomic E-state index is -0.476. The molecule has 96 valence electrons. The zero-order valence-electron chi connectivity index (χ0n) is 10.2. The Bertz CT molecular complexity index is 435. The van der Waals surface area contributed by atoms with Gasteiger partial charge in [0.25, 0.3) is 0 Å². The minimum absolute atomic E-state index is 0.152. The Morgan fingerprint density at radius 2 is 1.89 bits per heavy atom. The Hall–Kier alpha value is -1.42. The van der Waals surface area contributed by atoms with Gasteiger partial charge in [0.15, 0.2) is 0 Å². The van der Waals surface area contributed by atoms with E-state index in [0.717, 1.165) is 10.9 Å². The lowest BCUT2D eigenvalue weighted by atomic mass is 10.1. The standard InChI is InChI=1S/C14H15BrO3/c1-11(16)10-14(17)18-9-3-2-4-12-5-7-13(15)8-6-12/h2-3,5-8H,4,9-10H2,1H3. The van der Waals surface area contributed by atoms with Crippen LogP contribution in [0.4, 0.5) is 0 Å². The Kier molecular flexibility index (Phi) is 6.36. The number of hydrogen-bond acceptors (Lipinski definition) is 3. The van der Waals surface area contributed by atoms with Crippen LogP contribution in [0.3, 0.4) is 0 Å². The molecule has 0 aliphatic rings. The van der Waals surface area contributed by atoms with Crippen molar-refractivity contribution in [3.05, 3.63) is 46.5 Å². The number of rotatable bonds is 6. The molecule has 0 aromatic heterocycles. The molecule has 0 aliphatic carbocycles. The smallest absolute Gasteiger partial charge is 0.313 e. The number of ether oxygens (including phenoxy) is 1. The van der Waals surface area contributed by atoms with E-state index in [1.165, 1.54) is 12.5 Å². The lowest BCUT2D eigenvalue weighted by molar-refractivity contribution is -0.144. The highest BCUT2D eigenvalue weighted by atomic mass is 79.9. The highest BCUT2D eigenvalue weighted by Crippen LogP contribution is 2.10. The fourth-order valence-corrected chi connectivity index (χ4v) is 1.57. The molecule has 0 saturated carbocycles. The van der Waals surface area contributed by atoms with Gasteiger partial charge in [-0.1, -0.05) is 40.2 Å². The molecule has 0 radical (unpaired) electrons. The summed E-state index contributed by atoms with van der Waals surface area (Å²) in [6.45, 7) is 1.58. The number of allylic oxidation sites excluding steroid dienone is 1. The summed E-state index contributed by atoms with van der Waals surface area (Å²) in [4.78, 5) is 21.7. The SMILES string of the molecule is CC(=O)CC(=O)OCC=CCc1ccc(Br)cc1. The summed E-state index contributed by atoms with van der Waals surface area (Å²) >= 11 is 3.37.